The molecular formula is C15H19N3. The number of nitrogens with zero attached hydrogens (tertiary/aromatic N) is 3. The molecule has 0 atom stereocenters. The summed E-state index contributed by atoms with van der Waals surface area (Å²) in [6, 6.07) is 4.13. The van der Waals surface area contributed by atoms with Crippen molar-refractivity contribution in [3.63, 3.8) is 0 Å². The van der Waals surface area contributed by atoms with Gasteiger partial charge >= 0.3 is 0 Å². The van der Waals surface area contributed by atoms with Gasteiger partial charge in [0, 0.05) is 29.9 Å². The fourth-order valence-corrected chi connectivity index (χ4v) is 2.15. The van der Waals surface area contributed by atoms with E-state index in [1.165, 1.54) is 5.69 Å². The third kappa shape index (κ3) is 2.33. The lowest BCUT2D eigenvalue weighted by atomic mass is 9.92. The highest BCUT2D eigenvalue weighted by atomic mass is 15.2. The lowest BCUT2D eigenvalue weighted by Gasteiger charge is -2.22. The van der Waals surface area contributed by atoms with E-state index in [2.05, 4.69) is 42.4 Å². The van der Waals surface area contributed by atoms with Crippen molar-refractivity contribution in [3.05, 3.63) is 41.5 Å². The van der Waals surface area contributed by atoms with Crippen LogP contribution in [0, 0.1) is 12.3 Å². The van der Waals surface area contributed by atoms with Gasteiger partial charge in [0.1, 0.15) is 0 Å². The molecule has 0 N–H and O–H groups in total. The van der Waals surface area contributed by atoms with E-state index >= 15 is 0 Å². The van der Waals surface area contributed by atoms with Crippen LogP contribution in [-0.2, 0) is 19.0 Å². The van der Waals surface area contributed by atoms with Crippen molar-refractivity contribution in [2.45, 2.75) is 32.7 Å². The number of hydrogen-bond donors (Lipinski definition) is 0. The Balaban J connectivity index is 2.42. The van der Waals surface area contributed by atoms with Crippen molar-refractivity contribution >= 4 is 0 Å². The first-order chi connectivity index (χ1) is 8.41. The van der Waals surface area contributed by atoms with Gasteiger partial charge in [0.25, 0.3) is 0 Å². The summed E-state index contributed by atoms with van der Waals surface area (Å²) in [6.07, 6.45) is 9.48. The van der Waals surface area contributed by atoms with Gasteiger partial charge in [-0.25, -0.2) is 0 Å². The van der Waals surface area contributed by atoms with E-state index < -0.39 is 0 Å². The van der Waals surface area contributed by atoms with Gasteiger partial charge in [-0.15, -0.1) is 6.42 Å². The molecule has 0 radical (unpaired) electrons. The van der Waals surface area contributed by atoms with Gasteiger partial charge in [0.2, 0.25) is 0 Å². The Morgan fingerprint density at radius 1 is 1.33 bits per heavy atom. The maximum absolute atomic E-state index is 5.57. The zero-order valence-electron chi connectivity index (χ0n) is 11.4. The molecule has 3 nitrogen and oxygen atoms in total. The molecular weight excluding hydrogens is 222 g/mol. The molecule has 0 fully saturated rings. The van der Waals surface area contributed by atoms with Gasteiger partial charge in [-0.3, -0.25) is 4.68 Å². The summed E-state index contributed by atoms with van der Waals surface area (Å²) in [5, 5.41) is 4.20. The normalized spacial score (nSPS) is 11.5. The number of terminal acetylenes is 1. The minimum atomic E-state index is 0.0807. The molecule has 0 aliphatic heterocycles. The number of rotatable bonds is 2. The van der Waals surface area contributed by atoms with Crippen LogP contribution in [0.2, 0.25) is 0 Å². The fourth-order valence-electron chi connectivity index (χ4n) is 2.15. The van der Waals surface area contributed by atoms with E-state index in [1.54, 1.807) is 0 Å². The Morgan fingerprint density at radius 3 is 2.56 bits per heavy atom. The predicted molar refractivity (Wildman–Crippen MR) is 73.4 cm³/mol. The quantitative estimate of drug-likeness (QED) is 0.741. The van der Waals surface area contributed by atoms with Crippen LogP contribution in [0.3, 0.4) is 0 Å². The molecule has 0 saturated carbocycles. The van der Waals surface area contributed by atoms with E-state index in [9.17, 15) is 0 Å². The summed E-state index contributed by atoms with van der Waals surface area (Å²) in [5.74, 6) is 2.75. The molecule has 0 unspecified atom stereocenters. The van der Waals surface area contributed by atoms with Gasteiger partial charge in [-0.2, -0.15) is 5.10 Å². The first kappa shape index (κ1) is 12.5. The van der Waals surface area contributed by atoms with Gasteiger partial charge in [0.05, 0.1) is 18.4 Å². The number of aromatic nitrogens is 3. The maximum Gasteiger partial charge on any atom is 0.0922 e. The summed E-state index contributed by atoms with van der Waals surface area (Å²) < 4.78 is 4.00. The monoisotopic (exact) mass is 241 g/mol. The fraction of sp³-hybridized carbons (Fsp3) is 0.400. The Kier molecular flexibility index (Phi) is 3.04. The van der Waals surface area contributed by atoms with E-state index in [-0.39, 0.29) is 5.41 Å². The molecule has 0 spiro atoms. The molecule has 0 saturated heterocycles. The second-order valence-corrected chi connectivity index (χ2v) is 5.61. The molecule has 2 aromatic heterocycles. The van der Waals surface area contributed by atoms with Crippen LogP contribution in [0.5, 0.6) is 0 Å². The average molecular weight is 241 g/mol. The highest BCUT2D eigenvalue weighted by Crippen LogP contribution is 2.25. The van der Waals surface area contributed by atoms with Crippen LogP contribution >= 0.6 is 0 Å². The lowest BCUT2D eigenvalue weighted by molar-refractivity contribution is 0.529. The van der Waals surface area contributed by atoms with Crippen molar-refractivity contribution < 1.29 is 0 Å². The van der Waals surface area contributed by atoms with Gasteiger partial charge < -0.3 is 4.57 Å². The molecule has 94 valence electrons. The smallest absolute Gasteiger partial charge is 0.0922 e. The summed E-state index contributed by atoms with van der Waals surface area (Å²) in [4.78, 5) is 0. The first-order valence-corrected chi connectivity index (χ1v) is 6.06. The Bertz CT molecular complexity index is 588. The summed E-state index contributed by atoms with van der Waals surface area (Å²) in [5.41, 5.74) is 3.41. The minimum absolute atomic E-state index is 0.0807. The molecule has 2 heterocycles. The topological polar surface area (TPSA) is 22.8 Å². The third-order valence-corrected chi connectivity index (χ3v) is 3.00. The van der Waals surface area contributed by atoms with Crippen LogP contribution in [0.4, 0.5) is 0 Å². The van der Waals surface area contributed by atoms with Crippen molar-refractivity contribution in [2.75, 3.05) is 0 Å². The highest BCUT2D eigenvalue weighted by Gasteiger charge is 2.20. The molecule has 18 heavy (non-hydrogen) atoms. The lowest BCUT2D eigenvalue weighted by Crippen LogP contribution is -2.18. The molecule has 0 aliphatic carbocycles. The van der Waals surface area contributed by atoms with Crippen LogP contribution in [-0.4, -0.2) is 14.3 Å². The van der Waals surface area contributed by atoms with Gasteiger partial charge in [-0.05, 0) is 12.1 Å². The van der Waals surface area contributed by atoms with Crippen molar-refractivity contribution in [2.24, 2.45) is 7.05 Å². The molecule has 2 rings (SSSR count). The van der Waals surface area contributed by atoms with Gasteiger partial charge in [-0.1, -0.05) is 26.7 Å². The number of hydrogen-bond acceptors (Lipinski definition) is 1. The van der Waals surface area contributed by atoms with Crippen molar-refractivity contribution in [3.8, 4) is 12.3 Å². The third-order valence-electron chi connectivity index (χ3n) is 3.00. The Hall–Kier alpha value is -1.95. The van der Waals surface area contributed by atoms with Crippen LogP contribution < -0.4 is 0 Å². The first-order valence-electron chi connectivity index (χ1n) is 6.06. The maximum atomic E-state index is 5.57. The molecule has 0 amide bonds. The van der Waals surface area contributed by atoms with E-state index in [1.807, 2.05) is 30.2 Å². The van der Waals surface area contributed by atoms with Crippen LogP contribution in [0.1, 0.15) is 37.7 Å². The van der Waals surface area contributed by atoms with E-state index in [0.29, 0.717) is 0 Å². The van der Waals surface area contributed by atoms with Gasteiger partial charge in [0.15, 0.2) is 0 Å². The highest BCUT2D eigenvalue weighted by molar-refractivity contribution is 5.33. The molecule has 0 aliphatic rings. The molecule has 3 heteroatoms. The number of aryl methyl sites for hydroxylation is 1. The SMILES string of the molecule is C#Cc1ccc(C(C)(C)C)n1Cc1cnn(C)c1. The standard InChI is InChI=1S/C15H19N3/c1-6-13-7-8-14(15(2,3)4)18(13)11-12-9-16-17(5)10-12/h1,7-10H,11H2,2-5H3. The van der Waals surface area contributed by atoms with Crippen LogP contribution in [0.25, 0.3) is 0 Å². The summed E-state index contributed by atoms with van der Waals surface area (Å²) >= 11 is 0. The zero-order valence-corrected chi connectivity index (χ0v) is 11.4. The second kappa shape index (κ2) is 4.38. The molecule has 0 aromatic carbocycles. The molecule has 2 aromatic rings. The Morgan fingerprint density at radius 2 is 2.06 bits per heavy atom. The minimum Gasteiger partial charge on any atom is -0.333 e. The Labute approximate surface area is 108 Å². The summed E-state index contributed by atoms with van der Waals surface area (Å²) in [7, 11) is 1.92. The van der Waals surface area contributed by atoms with E-state index in [4.69, 9.17) is 6.42 Å². The van der Waals surface area contributed by atoms with E-state index in [0.717, 1.165) is 17.8 Å². The predicted octanol–water partition coefficient (Wildman–Crippen LogP) is 2.55. The zero-order chi connectivity index (χ0) is 13.3. The second-order valence-electron chi connectivity index (χ2n) is 5.61. The average Bonchev–Trinajstić information content (AvgIpc) is 2.84. The van der Waals surface area contributed by atoms with Crippen LogP contribution in [0.15, 0.2) is 24.5 Å². The van der Waals surface area contributed by atoms with Crippen molar-refractivity contribution in [1.29, 1.82) is 0 Å². The largest absolute Gasteiger partial charge is 0.333 e. The summed E-state index contributed by atoms with van der Waals surface area (Å²) in [6.45, 7) is 7.36. The van der Waals surface area contributed by atoms with Crippen molar-refractivity contribution in [1.82, 2.24) is 14.3 Å². The molecule has 0 bridgehead atoms.